The molecule has 0 aliphatic carbocycles. The SMILES string of the molecule is CC/C=C/C=C/C=C/C=C/C=C/CCCC(=O)OCC(COC(=O)CCCCCCC/C=C/CCCCCCCCCCC)OC(=O)CCCCCC/C=C/C/C=C/C/C=C/CC. The van der Waals surface area contributed by atoms with E-state index in [4.69, 9.17) is 14.2 Å². The first-order valence-electron chi connectivity index (χ1n) is 25.5. The van der Waals surface area contributed by atoms with Gasteiger partial charge in [-0.15, -0.1) is 0 Å². The molecule has 0 aliphatic rings. The minimum Gasteiger partial charge on any atom is -0.462 e. The highest BCUT2D eigenvalue weighted by Gasteiger charge is 2.19. The quantitative estimate of drug-likeness (QED) is 0.0199. The first-order chi connectivity index (χ1) is 31.0. The smallest absolute Gasteiger partial charge is 0.306 e. The average molecular weight is 873 g/mol. The van der Waals surface area contributed by atoms with Gasteiger partial charge in [-0.2, -0.15) is 0 Å². The van der Waals surface area contributed by atoms with Crippen LogP contribution < -0.4 is 0 Å². The Bertz CT molecular complexity index is 1330. The molecule has 0 N–H and O–H groups in total. The highest BCUT2D eigenvalue weighted by molar-refractivity contribution is 5.71. The third kappa shape index (κ3) is 49.0. The third-order valence-corrected chi connectivity index (χ3v) is 10.4. The maximum absolute atomic E-state index is 12.8. The van der Waals surface area contributed by atoms with Gasteiger partial charge in [0.15, 0.2) is 6.10 Å². The predicted octanol–water partition coefficient (Wildman–Crippen LogP) is 16.8. The van der Waals surface area contributed by atoms with Crippen LogP contribution in [0.5, 0.6) is 0 Å². The van der Waals surface area contributed by atoms with E-state index in [-0.39, 0.29) is 44.0 Å². The van der Waals surface area contributed by atoms with Crippen molar-refractivity contribution in [3.05, 3.63) is 109 Å². The van der Waals surface area contributed by atoms with Crippen molar-refractivity contribution in [1.82, 2.24) is 0 Å². The summed E-state index contributed by atoms with van der Waals surface area (Å²) in [4.78, 5) is 37.9. The third-order valence-electron chi connectivity index (χ3n) is 10.4. The first kappa shape index (κ1) is 59.1. The monoisotopic (exact) mass is 873 g/mol. The molecule has 0 bridgehead atoms. The molecule has 0 saturated heterocycles. The molecular formula is C57H92O6. The number of carbonyl (C=O) groups excluding carboxylic acids is 3. The number of hydrogen-bond donors (Lipinski definition) is 0. The molecular weight excluding hydrogens is 781 g/mol. The Morgan fingerprint density at radius 2 is 0.714 bits per heavy atom. The molecule has 356 valence electrons. The van der Waals surface area contributed by atoms with E-state index >= 15 is 0 Å². The first-order valence-corrected chi connectivity index (χ1v) is 25.5. The summed E-state index contributed by atoms with van der Waals surface area (Å²) in [6, 6.07) is 0. The zero-order chi connectivity index (χ0) is 45.8. The van der Waals surface area contributed by atoms with E-state index in [1.807, 2.05) is 54.7 Å². The van der Waals surface area contributed by atoms with E-state index in [0.29, 0.717) is 12.8 Å². The molecule has 0 aromatic rings. The lowest BCUT2D eigenvalue weighted by atomic mass is 10.1. The van der Waals surface area contributed by atoms with Crippen LogP contribution in [0.25, 0.3) is 0 Å². The molecule has 1 unspecified atom stereocenters. The van der Waals surface area contributed by atoms with Crippen molar-refractivity contribution in [1.29, 1.82) is 0 Å². The van der Waals surface area contributed by atoms with Gasteiger partial charge in [0, 0.05) is 19.3 Å². The van der Waals surface area contributed by atoms with Crippen molar-refractivity contribution >= 4 is 17.9 Å². The fourth-order valence-corrected chi connectivity index (χ4v) is 6.60. The Balaban J connectivity index is 4.51. The lowest BCUT2D eigenvalue weighted by Gasteiger charge is -2.18. The summed E-state index contributed by atoms with van der Waals surface area (Å²) in [7, 11) is 0. The zero-order valence-corrected chi connectivity index (χ0v) is 40.5. The number of allylic oxidation sites excluding steroid dienone is 18. The lowest BCUT2D eigenvalue weighted by molar-refractivity contribution is -0.167. The van der Waals surface area contributed by atoms with Crippen LogP contribution in [0.15, 0.2) is 109 Å². The number of ether oxygens (including phenoxy) is 3. The van der Waals surface area contributed by atoms with E-state index in [9.17, 15) is 14.4 Å². The second kappa shape index (κ2) is 50.7. The molecule has 6 heteroatoms. The van der Waals surface area contributed by atoms with Gasteiger partial charge < -0.3 is 14.2 Å². The Kier molecular flexibility index (Phi) is 47.5. The average Bonchev–Trinajstić information content (AvgIpc) is 3.28. The molecule has 1 atom stereocenters. The van der Waals surface area contributed by atoms with Gasteiger partial charge in [0.05, 0.1) is 0 Å². The maximum atomic E-state index is 12.8. The van der Waals surface area contributed by atoms with E-state index in [1.54, 1.807) is 0 Å². The second-order valence-electron chi connectivity index (χ2n) is 16.4. The van der Waals surface area contributed by atoms with Crippen molar-refractivity contribution in [3.8, 4) is 0 Å². The highest BCUT2D eigenvalue weighted by atomic mass is 16.6. The highest BCUT2D eigenvalue weighted by Crippen LogP contribution is 2.13. The van der Waals surface area contributed by atoms with Crippen LogP contribution in [-0.2, 0) is 28.6 Å². The van der Waals surface area contributed by atoms with Gasteiger partial charge >= 0.3 is 17.9 Å². The summed E-state index contributed by atoms with van der Waals surface area (Å²) in [6.45, 7) is 6.28. The minimum absolute atomic E-state index is 0.116. The molecule has 0 heterocycles. The summed E-state index contributed by atoms with van der Waals surface area (Å²) >= 11 is 0. The Morgan fingerprint density at radius 1 is 0.349 bits per heavy atom. The van der Waals surface area contributed by atoms with Gasteiger partial charge in [-0.05, 0) is 89.9 Å². The molecule has 0 aromatic heterocycles. The number of carbonyl (C=O) groups is 3. The van der Waals surface area contributed by atoms with Crippen molar-refractivity contribution < 1.29 is 28.6 Å². The number of rotatable bonds is 44. The van der Waals surface area contributed by atoms with Crippen LogP contribution in [0.2, 0.25) is 0 Å². The number of hydrogen-bond acceptors (Lipinski definition) is 6. The zero-order valence-electron chi connectivity index (χ0n) is 40.5. The molecule has 0 fully saturated rings. The molecule has 0 rings (SSSR count). The minimum atomic E-state index is -0.823. The molecule has 0 amide bonds. The number of unbranched alkanes of at least 4 members (excludes halogenated alkanes) is 19. The molecule has 6 nitrogen and oxygen atoms in total. The van der Waals surface area contributed by atoms with Crippen molar-refractivity contribution in [2.75, 3.05) is 13.2 Å². The Hall–Kier alpha value is -3.93. The molecule has 63 heavy (non-hydrogen) atoms. The van der Waals surface area contributed by atoms with Crippen molar-refractivity contribution in [2.24, 2.45) is 0 Å². The van der Waals surface area contributed by atoms with Gasteiger partial charge in [-0.1, -0.05) is 214 Å². The maximum Gasteiger partial charge on any atom is 0.306 e. The normalized spacial score (nSPS) is 13.0. The predicted molar refractivity (Wildman–Crippen MR) is 270 cm³/mol. The summed E-state index contributed by atoms with van der Waals surface area (Å²) in [5.74, 6) is -1.03. The van der Waals surface area contributed by atoms with Crippen LogP contribution in [0, 0.1) is 0 Å². The van der Waals surface area contributed by atoms with Crippen LogP contribution in [0.3, 0.4) is 0 Å². The Morgan fingerprint density at radius 3 is 1.22 bits per heavy atom. The van der Waals surface area contributed by atoms with Crippen LogP contribution in [0.4, 0.5) is 0 Å². The summed E-state index contributed by atoms with van der Waals surface area (Å²) in [6.07, 6.45) is 68.0. The molecule has 0 aromatic carbocycles. The fourth-order valence-electron chi connectivity index (χ4n) is 6.60. The fraction of sp³-hybridized carbons (Fsp3) is 0.632. The topological polar surface area (TPSA) is 78.9 Å². The van der Waals surface area contributed by atoms with E-state index in [2.05, 4.69) is 75.5 Å². The standard InChI is InChI=1S/C57H92O6/c1-4-7-10-13-16-19-22-25-27-28-29-30-33-35-38-41-44-47-50-56(59)62-53-54(52-61-55(58)49-46-43-40-37-34-31-24-21-18-15-12-9-6-3)63-57(60)51-48-45-42-39-36-32-26-23-20-17-14-11-8-5-2/h8-9,11-12,15,17-18,20-21,24,26,29-32,34,37,40,54H,4-7,10,13-14,16,19,22-23,25,27-28,33,35-36,38-39,41-53H2,1-3H3/b11-8+,12-9+,18-15+,20-17+,24-21+,30-29+,32-26+,34-31+,40-37+. The summed E-state index contributed by atoms with van der Waals surface area (Å²) in [5, 5.41) is 0. The molecule has 0 radical (unpaired) electrons. The van der Waals surface area contributed by atoms with Crippen LogP contribution in [-0.4, -0.2) is 37.2 Å². The molecule has 0 saturated carbocycles. The van der Waals surface area contributed by atoms with Crippen LogP contribution in [0.1, 0.15) is 213 Å². The lowest BCUT2D eigenvalue weighted by Crippen LogP contribution is -2.30. The second-order valence-corrected chi connectivity index (χ2v) is 16.4. The largest absolute Gasteiger partial charge is 0.462 e. The molecule has 0 spiro atoms. The van der Waals surface area contributed by atoms with Crippen molar-refractivity contribution in [3.63, 3.8) is 0 Å². The van der Waals surface area contributed by atoms with Gasteiger partial charge in [-0.25, -0.2) is 0 Å². The van der Waals surface area contributed by atoms with E-state index in [1.165, 1.54) is 70.6 Å². The number of esters is 3. The van der Waals surface area contributed by atoms with Crippen molar-refractivity contribution in [2.45, 2.75) is 219 Å². The van der Waals surface area contributed by atoms with Gasteiger partial charge in [0.2, 0.25) is 0 Å². The summed E-state index contributed by atoms with van der Waals surface area (Å²) < 4.78 is 16.7. The summed E-state index contributed by atoms with van der Waals surface area (Å²) in [5.41, 5.74) is 0. The van der Waals surface area contributed by atoms with Gasteiger partial charge in [0.25, 0.3) is 0 Å². The molecule has 0 aliphatic heterocycles. The van der Waals surface area contributed by atoms with E-state index in [0.717, 1.165) is 96.3 Å². The van der Waals surface area contributed by atoms with Crippen LogP contribution >= 0.6 is 0 Å². The van der Waals surface area contributed by atoms with Gasteiger partial charge in [0.1, 0.15) is 13.2 Å². The Labute approximate surface area is 387 Å². The van der Waals surface area contributed by atoms with Gasteiger partial charge in [-0.3, -0.25) is 14.4 Å². The van der Waals surface area contributed by atoms with E-state index < -0.39 is 6.10 Å².